The zero-order chi connectivity index (χ0) is 22.0. The number of imide groups is 1. The predicted molar refractivity (Wildman–Crippen MR) is 119 cm³/mol. The van der Waals surface area contributed by atoms with Crippen molar-refractivity contribution in [3.8, 4) is 5.75 Å². The van der Waals surface area contributed by atoms with E-state index in [9.17, 15) is 14.4 Å². The van der Waals surface area contributed by atoms with Crippen LogP contribution in [0, 0.1) is 0 Å². The highest BCUT2D eigenvalue weighted by Gasteiger charge is 2.30. The van der Waals surface area contributed by atoms with E-state index in [1.807, 2.05) is 12.1 Å². The van der Waals surface area contributed by atoms with Crippen molar-refractivity contribution in [1.29, 1.82) is 0 Å². The fraction of sp³-hybridized carbons (Fsp3) is 0.500. The molecule has 3 amide bonds. The number of nitrogens with one attached hydrogen (secondary N) is 1. The molecule has 0 aliphatic carbocycles. The highest BCUT2D eigenvalue weighted by atomic mass is 35.5. The van der Waals surface area contributed by atoms with Crippen LogP contribution in [0.4, 0.5) is 5.13 Å². The van der Waals surface area contributed by atoms with E-state index in [1.54, 1.807) is 18.4 Å². The van der Waals surface area contributed by atoms with Gasteiger partial charge in [-0.15, -0.1) is 0 Å². The van der Waals surface area contributed by atoms with E-state index in [0.717, 1.165) is 46.4 Å². The Hall–Kier alpha value is -2.43. The minimum absolute atomic E-state index is 0.184. The second-order valence-corrected chi connectivity index (χ2v) is 8.89. The number of hydrogen-bond acceptors (Lipinski definition) is 8. The molecule has 2 aromatic rings. The molecule has 0 atom stereocenters. The topological polar surface area (TPSA) is 95.1 Å². The van der Waals surface area contributed by atoms with Gasteiger partial charge in [-0.1, -0.05) is 22.9 Å². The summed E-state index contributed by atoms with van der Waals surface area (Å²) in [5.41, 5.74) is 0.787. The van der Waals surface area contributed by atoms with Gasteiger partial charge in [-0.25, -0.2) is 4.98 Å². The van der Waals surface area contributed by atoms with Gasteiger partial charge in [0.1, 0.15) is 12.1 Å². The van der Waals surface area contributed by atoms with Crippen LogP contribution in [0.5, 0.6) is 5.75 Å². The highest BCUT2D eigenvalue weighted by Crippen LogP contribution is 2.38. The molecule has 2 fully saturated rings. The number of hydrogen-bond donors (Lipinski definition) is 1. The molecule has 0 unspecified atom stereocenters. The van der Waals surface area contributed by atoms with Crippen LogP contribution >= 0.6 is 22.9 Å². The van der Waals surface area contributed by atoms with E-state index in [4.69, 9.17) is 21.3 Å². The Labute approximate surface area is 188 Å². The average molecular weight is 466 g/mol. The molecule has 31 heavy (non-hydrogen) atoms. The van der Waals surface area contributed by atoms with Crippen LogP contribution in [-0.2, 0) is 14.4 Å². The minimum Gasteiger partial charge on any atom is -0.493 e. The first-order valence-electron chi connectivity index (χ1n) is 10.2. The summed E-state index contributed by atoms with van der Waals surface area (Å²) in [6.07, 6.45) is 0.399. The Kier molecular flexibility index (Phi) is 6.59. The zero-order valence-electron chi connectivity index (χ0n) is 17.2. The summed E-state index contributed by atoms with van der Waals surface area (Å²) in [5, 5.41) is 4.30. The van der Waals surface area contributed by atoms with E-state index in [-0.39, 0.29) is 37.1 Å². The molecular weight excluding hydrogens is 442 g/mol. The van der Waals surface area contributed by atoms with Crippen LogP contribution in [0.25, 0.3) is 10.2 Å². The number of thiazole rings is 1. The molecule has 3 heterocycles. The van der Waals surface area contributed by atoms with Gasteiger partial charge in [0.2, 0.25) is 17.7 Å². The average Bonchev–Trinajstić information content (AvgIpc) is 3.33. The molecular formula is C20H24ClN5O4S. The van der Waals surface area contributed by atoms with Gasteiger partial charge >= 0.3 is 0 Å². The van der Waals surface area contributed by atoms with E-state index >= 15 is 0 Å². The number of benzene rings is 1. The van der Waals surface area contributed by atoms with Gasteiger partial charge in [-0.3, -0.25) is 24.2 Å². The number of anilines is 1. The van der Waals surface area contributed by atoms with Gasteiger partial charge in [-0.05, 0) is 12.1 Å². The van der Waals surface area contributed by atoms with Crippen molar-refractivity contribution in [3.05, 3.63) is 17.2 Å². The molecule has 1 aromatic heterocycles. The number of nitrogens with zero attached hydrogens (tertiary/aromatic N) is 4. The molecule has 2 aliphatic rings. The Morgan fingerprint density at radius 1 is 1.19 bits per heavy atom. The fourth-order valence-electron chi connectivity index (χ4n) is 3.78. The predicted octanol–water partition coefficient (Wildman–Crippen LogP) is 1.35. The van der Waals surface area contributed by atoms with Crippen LogP contribution in [-0.4, -0.2) is 85.4 Å². The number of piperazine rings is 1. The molecule has 9 nitrogen and oxygen atoms in total. The molecule has 0 spiro atoms. The zero-order valence-corrected chi connectivity index (χ0v) is 18.8. The fourth-order valence-corrected chi connectivity index (χ4v) is 5.02. The maximum Gasteiger partial charge on any atom is 0.240 e. The Balaban J connectivity index is 1.24. The Bertz CT molecular complexity index is 989. The largest absolute Gasteiger partial charge is 0.493 e. The maximum absolute atomic E-state index is 12.0. The first-order valence-corrected chi connectivity index (χ1v) is 11.4. The van der Waals surface area contributed by atoms with Gasteiger partial charge in [0.05, 0.1) is 16.8 Å². The number of likely N-dealkylation sites (tertiary alicyclic amines) is 1. The third kappa shape index (κ3) is 4.76. The van der Waals surface area contributed by atoms with Gasteiger partial charge in [0.25, 0.3) is 0 Å². The first-order chi connectivity index (χ1) is 15.0. The smallest absolute Gasteiger partial charge is 0.240 e. The number of methoxy groups -OCH3 is 1. The van der Waals surface area contributed by atoms with Crippen molar-refractivity contribution in [1.82, 2.24) is 20.1 Å². The number of ether oxygens (including phenoxy) is 1. The third-order valence-electron chi connectivity index (χ3n) is 5.51. The van der Waals surface area contributed by atoms with Crippen LogP contribution in [0.3, 0.4) is 0 Å². The van der Waals surface area contributed by atoms with Crippen molar-refractivity contribution >= 4 is 56.0 Å². The lowest BCUT2D eigenvalue weighted by atomic mass is 10.3. The number of halogens is 1. The second kappa shape index (κ2) is 9.37. The van der Waals surface area contributed by atoms with Gasteiger partial charge < -0.3 is 15.0 Å². The summed E-state index contributed by atoms with van der Waals surface area (Å²) < 4.78 is 6.44. The molecule has 0 saturated carbocycles. The van der Waals surface area contributed by atoms with E-state index in [0.29, 0.717) is 23.9 Å². The molecule has 1 N–H and O–H groups in total. The van der Waals surface area contributed by atoms with Crippen LogP contribution < -0.4 is 15.0 Å². The van der Waals surface area contributed by atoms with Crippen molar-refractivity contribution in [2.75, 3.05) is 57.8 Å². The van der Waals surface area contributed by atoms with E-state index < -0.39 is 0 Å². The molecule has 166 valence electrons. The van der Waals surface area contributed by atoms with Gasteiger partial charge in [0, 0.05) is 52.1 Å². The molecule has 0 bridgehead atoms. The van der Waals surface area contributed by atoms with Crippen molar-refractivity contribution < 1.29 is 19.1 Å². The van der Waals surface area contributed by atoms with Gasteiger partial charge in [0.15, 0.2) is 10.9 Å². The minimum atomic E-state index is -0.302. The number of carbonyl (C=O) groups excluding carboxylic acids is 3. The Morgan fingerprint density at radius 2 is 1.90 bits per heavy atom. The summed E-state index contributed by atoms with van der Waals surface area (Å²) in [6, 6.07) is 3.79. The Morgan fingerprint density at radius 3 is 2.58 bits per heavy atom. The lowest BCUT2D eigenvalue weighted by molar-refractivity contribution is -0.142. The van der Waals surface area contributed by atoms with Crippen LogP contribution in [0.15, 0.2) is 12.1 Å². The van der Waals surface area contributed by atoms with Crippen molar-refractivity contribution in [3.63, 3.8) is 0 Å². The standard InChI is InChI=1S/C20H24ClN5O4S/c1-30-19-13(21)2-3-14-18(19)23-20(31-14)25-10-8-24(9-11-25)7-6-22-15(27)12-26-16(28)4-5-17(26)29/h2-3H,4-12H2,1H3,(H,22,27). The number of carbonyl (C=O) groups is 3. The monoisotopic (exact) mass is 465 g/mol. The number of amides is 3. The first kappa shape index (κ1) is 21.8. The molecule has 11 heteroatoms. The van der Waals surface area contributed by atoms with Crippen molar-refractivity contribution in [2.45, 2.75) is 12.8 Å². The highest BCUT2D eigenvalue weighted by molar-refractivity contribution is 7.22. The summed E-state index contributed by atoms with van der Waals surface area (Å²) in [4.78, 5) is 45.5. The third-order valence-corrected chi connectivity index (χ3v) is 6.89. The molecule has 4 rings (SSSR count). The summed E-state index contributed by atoms with van der Waals surface area (Å²) >= 11 is 7.82. The van der Waals surface area contributed by atoms with Crippen LogP contribution in [0.1, 0.15) is 12.8 Å². The second-order valence-electron chi connectivity index (χ2n) is 7.48. The molecule has 0 radical (unpaired) electrons. The summed E-state index contributed by atoms with van der Waals surface area (Å²) in [7, 11) is 1.60. The van der Waals surface area contributed by atoms with Crippen LogP contribution in [0.2, 0.25) is 5.02 Å². The molecule has 2 aliphatic heterocycles. The number of fused-ring (bicyclic) bond motifs is 1. The number of rotatable bonds is 7. The quantitative estimate of drug-likeness (QED) is 0.616. The molecule has 2 saturated heterocycles. The summed E-state index contributed by atoms with van der Waals surface area (Å²) in [5.74, 6) is -0.241. The lowest BCUT2D eigenvalue weighted by Gasteiger charge is -2.34. The molecule has 1 aromatic carbocycles. The van der Waals surface area contributed by atoms with E-state index in [1.165, 1.54) is 0 Å². The maximum atomic E-state index is 12.0. The van der Waals surface area contributed by atoms with Crippen molar-refractivity contribution in [2.24, 2.45) is 0 Å². The summed E-state index contributed by atoms with van der Waals surface area (Å²) in [6.45, 7) is 4.38. The SMILES string of the molecule is COc1c(Cl)ccc2sc(N3CCN(CCNC(=O)CN4C(=O)CCC4=O)CC3)nc12. The number of aromatic nitrogens is 1. The van der Waals surface area contributed by atoms with Gasteiger partial charge in [-0.2, -0.15) is 0 Å². The lowest BCUT2D eigenvalue weighted by Crippen LogP contribution is -2.49. The normalized spacial score (nSPS) is 17.6. The van der Waals surface area contributed by atoms with E-state index in [2.05, 4.69) is 15.1 Å².